The molecule has 0 unspecified atom stereocenters. The van der Waals surface area contributed by atoms with E-state index in [0.717, 1.165) is 0 Å². The Morgan fingerprint density at radius 3 is 2.54 bits per heavy atom. The highest BCUT2D eigenvalue weighted by atomic mass is 19.2. The summed E-state index contributed by atoms with van der Waals surface area (Å²) in [6, 6.07) is 5.36. The highest BCUT2D eigenvalue weighted by molar-refractivity contribution is 5.94. The van der Waals surface area contributed by atoms with Gasteiger partial charge < -0.3 is 10.3 Å². The first-order chi connectivity index (χ1) is 13.1. The van der Waals surface area contributed by atoms with E-state index in [-0.39, 0.29) is 6.42 Å². The molecule has 3 rings (SSSR count). The minimum absolute atomic E-state index is 0.247. The molecule has 0 aliphatic rings. The Labute approximate surface area is 158 Å². The van der Waals surface area contributed by atoms with Gasteiger partial charge in [0, 0.05) is 35.0 Å². The van der Waals surface area contributed by atoms with E-state index in [1.807, 2.05) is 0 Å². The number of carbonyl (C=O) groups is 1. The zero-order chi connectivity index (χ0) is 20.6. The average molecular weight is 389 g/mol. The van der Waals surface area contributed by atoms with Crippen LogP contribution in [0, 0.1) is 22.9 Å². The number of carbonyl (C=O) groups excluding carboxylic acids is 1. The van der Waals surface area contributed by atoms with Gasteiger partial charge in [-0.2, -0.15) is 0 Å². The standard InChI is InChI=1S/C20H18F3N3O2/c1-20(2,3)18(27)25-15-8-13(21)16(22)12(17(15)23)7-10-4-5-14-11(6-10)9-24-19(28)26-14/h4-6,8-9H,7H2,1-3H3,(H,25,27)(H,24,26,28). The number of nitrogens with zero attached hydrogens (tertiary/aromatic N) is 1. The molecule has 146 valence electrons. The molecule has 28 heavy (non-hydrogen) atoms. The van der Waals surface area contributed by atoms with Gasteiger partial charge in [-0.1, -0.05) is 26.8 Å². The van der Waals surface area contributed by atoms with Gasteiger partial charge in [-0.15, -0.1) is 0 Å². The molecule has 5 nitrogen and oxygen atoms in total. The fourth-order valence-corrected chi connectivity index (χ4v) is 2.64. The maximum Gasteiger partial charge on any atom is 0.345 e. The van der Waals surface area contributed by atoms with Crippen LogP contribution in [-0.2, 0) is 11.2 Å². The summed E-state index contributed by atoms with van der Waals surface area (Å²) in [6.07, 6.45) is 1.09. The van der Waals surface area contributed by atoms with E-state index < -0.39 is 45.7 Å². The molecule has 0 spiro atoms. The second-order valence-electron chi connectivity index (χ2n) is 7.50. The Bertz CT molecular complexity index is 1130. The molecule has 1 aromatic heterocycles. The molecule has 0 bridgehead atoms. The third kappa shape index (κ3) is 3.90. The van der Waals surface area contributed by atoms with E-state index in [4.69, 9.17) is 0 Å². The Hall–Kier alpha value is -3.16. The Kier molecular flexibility index (Phi) is 4.97. The molecule has 0 fully saturated rings. The van der Waals surface area contributed by atoms with Crippen LogP contribution >= 0.6 is 0 Å². The maximum atomic E-state index is 14.8. The van der Waals surface area contributed by atoms with Crippen molar-refractivity contribution >= 4 is 22.5 Å². The van der Waals surface area contributed by atoms with E-state index in [0.29, 0.717) is 22.5 Å². The van der Waals surface area contributed by atoms with Gasteiger partial charge in [-0.05, 0) is 17.7 Å². The van der Waals surface area contributed by atoms with Crippen molar-refractivity contribution in [1.29, 1.82) is 0 Å². The van der Waals surface area contributed by atoms with Crippen LogP contribution in [0.5, 0.6) is 0 Å². The minimum atomic E-state index is -1.31. The second-order valence-corrected chi connectivity index (χ2v) is 7.50. The molecule has 0 saturated carbocycles. The molecule has 2 N–H and O–H groups in total. The van der Waals surface area contributed by atoms with E-state index in [2.05, 4.69) is 15.3 Å². The Morgan fingerprint density at radius 2 is 1.86 bits per heavy atom. The molecule has 0 atom stereocenters. The summed E-state index contributed by atoms with van der Waals surface area (Å²) in [4.78, 5) is 29.5. The topological polar surface area (TPSA) is 74.8 Å². The van der Waals surface area contributed by atoms with Crippen LogP contribution < -0.4 is 11.0 Å². The average Bonchev–Trinajstić information content (AvgIpc) is 2.62. The first kappa shape index (κ1) is 19.6. The molecule has 1 amide bonds. The summed E-state index contributed by atoms with van der Waals surface area (Å²) in [7, 11) is 0. The van der Waals surface area contributed by atoms with Crippen LogP contribution in [-0.4, -0.2) is 15.9 Å². The van der Waals surface area contributed by atoms with Crippen LogP contribution in [0.2, 0.25) is 0 Å². The van der Waals surface area contributed by atoms with Crippen molar-refractivity contribution < 1.29 is 18.0 Å². The molecule has 8 heteroatoms. The SMILES string of the molecule is CC(C)(C)C(=O)Nc1cc(F)c(F)c(Cc2ccc3[nH]c(=O)ncc3c2)c1F. The molecule has 3 aromatic rings. The molecule has 2 aromatic carbocycles. The summed E-state index contributed by atoms with van der Waals surface area (Å²) in [5.41, 5.74) is -1.26. The number of hydrogen-bond donors (Lipinski definition) is 2. The zero-order valence-corrected chi connectivity index (χ0v) is 15.5. The molecule has 0 aliphatic heterocycles. The number of nitrogens with one attached hydrogen (secondary N) is 2. The van der Waals surface area contributed by atoms with Gasteiger partial charge in [0.1, 0.15) is 0 Å². The monoisotopic (exact) mass is 389 g/mol. The van der Waals surface area contributed by atoms with Gasteiger partial charge in [-0.3, -0.25) is 4.79 Å². The van der Waals surface area contributed by atoms with Crippen molar-refractivity contribution in [2.24, 2.45) is 5.41 Å². The van der Waals surface area contributed by atoms with Crippen LogP contribution in [0.15, 0.2) is 35.3 Å². The number of benzene rings is 2. The van der Waals surface area contributed by atoms with Gasteiger partial charge in [0.05, 0.1) is 11.2 Å². The number of aromatic nitrogens is 2. The van der Waals surface area contributed by atoms with Crippen molar-refractivity contribution in [3.05, 3.63) is 69.5 Å². The number of fused-ring (bicyclic) bond motifs is 1. The van der Waals surface area contributed by atoms with Crippen LogP contribution in [0.3, 0.4) is 0 Å². The summed E-state index contributed by atoms with van der Waals surface area (Å²) < 4.78 is 43.1. The van der Waals surface area contributed by atoms with E-state index >= 15 is 0 Å². The lowest BCUT2D eigenvalue weighted by Gasteiger charge is -2.19. The summed E-state index contributed by atoms with van der Waals surface area (Å²) >= 11 is 0. The molecular weight excluding hydrogens is 371 g/mol. The summed E-state index contributed by atoms with van der Waals surface area (Å²) in [6.45, 7) is 4.86. The molecule has 0 saturated heterocycles. The second kappa shape index (κ2) is 7.10. The Morgan fingerprint density at radius 1 is 1.14 bits per heavy atom. The van der Waals surface area contributed by atoms with Crippen LogP contribution in [0.4, 0.5) is 18.9 Å². The summed E-state index contributed by atoms with van der Waals surface area (Å²) in [5, 5.41) is 2.88. The number of anilines is 1. The lowest BCUT2D eigenvalue weighted by atomic mass is 9.95. The van der Waals surface area contributed by atoms with Crippen LogP contribution in [0.1, 0.15) is 31.9 Å². The number of hydrogen-bond acceptors (Lipinski definition) is 3. The van der Waals surface area contributed by atoms with Crippen molar-refractivity contribution in [1.82, 2.24) is 9.97 Å². The largest absolute Gasteiger partial charge is 0.345 e. The number of rotatable bonds is 3. The van der Waals surface area contributed by atoms with Crippen LogP contribution in [0.25, 0.3) is 10.9 Å². The summed E-state index contributed by atoms with van der Waals surface area (Å²) in [5.74, 6) is -4.13. The van der Waals surface area contributed by atoms with Crippen molar-refractivity contribution in [2.75, 3.05) is 5.32 Å². The van der Waals surface area contributed by atoms with Gasteiger partial charge in [0.25, 0.3) is 0 Å². The highest BCUT2D eigenvalue weighted by Gasteiger charge is 2.25. The molecule has 1 heterocycles. The normalized spacial score (nSPS) is 11.6. The smallest absolute Gasteiger partial charge is 0.323 e. The van der Waals surface area contributed by atoms with Gasteiger partial charge in [0.2, 0.25) is 5.91 Å². The molecule has 0 radical (unpaired) electrons. The van der Waals surface area contributed by atoms with Gasteiger partial charge in [0.15, 0.2) is 17.5 Å². The highest BCUT2D eigenvalue weighted by Crippen LogP contribution is 2.28. The number of halogens is 3. The third-order valence-corrected chi connectivity index (χ3v) is 4.24. The van der Waals surface area contributed by atoms with E-state index in [9.17, 15) is 22.8 Å². The fourth-order valence-electron chi connectivity index (χ4n) is 2.64. The van der Waals surface area contributed by atoms with Gasteiger partial charge >= 0.3 is 5.69 Å². The Balaban J connectivity index is 2.00. The maximum absolute atomic E-state index is 14.8. The number of amides is 1. The first-order valence-corrected chi connectivity index (χ1v) is 8.52. The first-order valence-electron chi connectivity index (χ1n) is 8.52. The minimum Gasteiger partial charge on any atom is -0.323 e. The quantitative estimate of drug-likeness (QED) is 0.667. The molecule has 0 aliphatic carbocycles. The fraction of sp³-hybridized carbons (Fsp3) is 0.250. The number of H-pyrrole nitrogens is 1. The third-order valence-electron chi connectivity index (χ3n) is 4.24. The number of aromatic amines is 1. The van der Waals surface area contributed by atoms with Crippen molar-refractivity contribution in [3.8, 4) is 0 Å². The predicted molar refractivity (Wildman–Crippen MR) is 99.6 cm³/mol. The van der Waals surface area contributed by atoms with Gasteiger partial charge in [-0.25, -0.2) is 22.9 Å². The lowest BCUT2D eigenvalue weighted by molar-refractivity contribution is -0.123. The van der Waals surface area contributed by atoms with E-state index in [1.165, 1.54) is 6.20 Å². The zero-order valence-electron chi connectivity index (χ0n) is 15.5. The van der Waals surface area contributed by atoms with Crippen molar-refractivity contribution in [3.63, 3.8) is 0 Å². The molecular formula is C20H18F3N3O2. The van der Waals surface area contributed by atoms with Crippen molar-refractivity contribution in [2.45, 2.75) is 27.2 Å². The van der Waals surface area contributed by atoms with E-state index in [1.54, 1.807) is 39.0 Å². The lowest BCUT2D eigenvalue weighted by Crippen LogP contribution is -2.28. The predicted octanol–water partition coefficient (Wildman–Crippen LogP) is 3.92.